The van der Waals surface area contributed by atoms with Gasteiger partial charge in [0, 0.05) is 5.56 Å². The number of benzene rings is 1. The highest BCUT2D eigenvalue weighted by molar-refractivity contribution is 6.31. The van der Waals surface area contributed by atoms with E-state index in [9.17, 15) is 4.79 Å². The van der Waals surface area contributed by atoms with Gasteiger partial charge in [0.1, 0.15) is 5.71 Å². The molecule has 1 aromatic carbocycles. The highest BCUT2D eigenvalue weighted by Gasteiger charge is 2.05. The maximum Gasteiger partial charge on any atom is 0.535 e. The summed E-state index contributed by atoms with van der Waals surface area (Å²) in [4.78, 5) is 15.4. The molecule has 5 heteroatoms. The first-order valence-electron chi connectivity index (χ1n) is 4.80. The third-order valence-electron chi connectivity index (χ3n) is 1.73. The Kier molecular flexibility index (Phi) is 5.36. The van der Waals surface area contributed by atoms with Crippen LogP contribution in [0.15, 0.2) is 35.5 Å². The number of nitrogens with zero attached hydrogens (tertiary/aromatic N) is 1. The summed E-state index contributed by atoms with van der Waals surface area (Å²) in [5.41, 5.74) is 1.29. The molecule has 0 saturated heterocycles. The summed E-state index contributed by atoms with van der Waals surface area (Å²) in [7, 11) is 0. The Morgan fingerprint density at radius 1 is 1.38 bits per heavy atom. The average Bonchev–Trinajstić information content (AvgIpc) is 2.31. The SMILES string of the molecule is CCOC(=O)O/N=C(\CCl)c1ccccc1. The van der Waals surface area contributed by atoms with Crippen LogP contribution in [-0.4, -0.2) is 24.4 Å². The summed E-state index contributed by atoms with van der Waals surface area (Å²) < 4.78 is 4.56. The standard InChI is InChI=1S/C11H12ClNO3/c1-2-15-11(14)16-13-10(8-12)9-6-4-3-5-7-9/h3-7H,2,8H2,1H3/b13-10+. The van der Waals surface area contributed by atoms with Crippen molar-refractivity contribution in [1.29, 1.82) is 0 Å². The number of carbonyl (C=O) groups excluding carboxylic acids is 1. The van der Waals surface area contributed by atoms with Crippen LogP contribution in [0, 0.1) is 0 Å². The van der Waals surface area contributed by atoms with E-state index in [4.69, 9.17) is 11.6 Å². The fraction of sp³-hybridized carbons (Fsp3) is 0.273. The molecule has 0 amide bonds. The van der Waals surface area contributed by atoms with Gasteiger partial charge in [0.15, 0.2) is 0 Å². The van der Waals surface area contributed by atoms with Crippen molar-refractivity contribution in [1.82, 2.24) is 0 Å². The molecule has 0 bridgehead atoms. The maximum atomic E-state index is 10.9. The Bertz CT molecular complexity index is 365. The van der Waals surface area contributed by atoms with E-state index in [1.165, 1.54) is 0 Å². The number of rotatable bonds is 4. The van der Waals surface area contributed by atoms with Crippen LogP contribution in [0.4, 0.5) is 4.79 Å². The van der Waals surface area contributed by atoms with Gasteiger partial charge < -0.3 is 4.74 Å². The van der Waals surface area contributed by atoms with Crippen LogP contribution in [-0.2, 0) is 9.57 Å². The molecular weight excluding hydrogens is 230 g/mol. The van der Waals surface area contributed by atoms with E-state index in [-0.39, 0.29) is 12.5 Å². The first-order chi connectivity index (χ1) is 7.77. The number of hydrogen-bond acceptors (Lipinski definition) is 4. The Balaban J connectivity index is 2.68. The molecule has 0 fully saturated rings. The molecule has 0 spiro atoms. The first-order valence-corrected chi connectivity index (χ1v) is 5.33. The number of carbonyl (C=O) groups is 1. The van der Waals surface area contributed by atoms with Crippen molar-refractivity contribution >= 4 is 23.5 Å². The summed E-state index contributed by atoms with van der Waals surface area (Å²) in [6, 6.07) is 9.23. The number of hydrogen-bond donors (Lipinski definition) is 0. The van der Waals surface area contributed by atoms with E-state index in [0.717, 1.165) is 5.56 Å². The lowest BCUT2D eigenvalue weighted by Crippen LogP contribution is -2.08. The van der Waals surface area contributed by atoms with Crippen LogP contribution in [0.5, 0.6) is 0 Å². The third kappa shape index (κ3) is 3.90. The topological polar surface area (TPSA) is 47.9 Å². The van der Waals surface area contributed by atoms with E-state index < -0.39 is 6.16 Å². The fourth-order valence-electron chi connectivity index (χ4n) is 1.02. The largest absolute Gasteiger partial charge is 0.535 e. The van der Waals surface area contributed by atoms with Gasteiger partial charge in [-0.3, -0.25) is 4.84 Å². The van der Waals surface area contributed by atoms with E-state index in [1.54, 1.807) is 6.92 Å². The Labute approximate surface area is 98.8 Å². The minimum Gasteiger partial charge on any atom is -0.433 e. The molecule has 16 heavy (non-hydrogen) atoms. The molecule has 0 aliphatic carbocycles. The summed E-state index contributed by atoms with van der Waals surface area (Å²) in [5.74, 6) is 0.156. The van der Waals surface area contributed by atoms with Crippen LogP contribution in [0.3, 0.4) is 0 Å². The normalized spacial score (nSPS) is 11.0. The second-order valence-electron chi connectivity index (χ2n) is 2.81. The Morgan fingerprint density at radius 3 is 2.62 bits per heavy atom. The van der Waals surface area contributed by atoms with Crippen molar-refractivity contribution in [2.45, 2.75) is 6.92 Å². The summed E-state index contributed by atoms with van der Waals surface area (Å²) in [6.45, 7) is 1.93. The van der Waals surface area contributed by atoms with E-state index in [2.05, 4.69) is 14.7 Å². The molecular formula is C11H12ClNO3. The monoisotopic (exact) mass is 241 g/mol. The van der Waals surface area contributed by atoms with Gasteiger partial charge in [-0.15, -0.1) is 11.6 Å². The highest BCUT2D eigenvalue weighted by atomic mass is 35.5. The predicted octanol–water partition coefficient (Wildman–Crippen LogP) is 2.80. The maximum absolute atomic E-state index is 10.9. The molecule has 1 rings (SSSR count). The second-order valence-corrected chi connectivity index (χ2v) is 3.08. The van der Waals surface area contributed by atoms with Crippen molar-refractivity contribution in [3.63, 3.8) is 0 Å². The van der Waals surface area contributed by atoms with Crippen LogP contribution in [0.25, 0.3) is 0 Å². The van der Waals surface area contributed by atoms with E-state index in [1.807, 2.05) is 30.3 Å². The summed E-state index contributed by atoms with van der Waals surface area (Å²) in [6.07, 6.45) is -0.832. The summed E-state index contributed by atoms with van der Waals surface area (Å²) >= 11 is 5.70. The number of halogens is 1. The molecule has 1 aromatic rings. The van der Waals surface area contributed by atoms with Crippen molar-refractivity contribution in [3.8, 4) is 0 Å². The smallest absolute Gasteiger partial charge is 0.433 e. The van der Waals surface area contributed by atoms with Crippen molar-refractivity contribution < 1.29 is 14.4 Å². The molecule has 4 nitrogen and oxygen atoms in total. The molecule has 0 aromatic heterocycles. The first kappa shape index (κ1) is 12.5. The zero-order chi connectivity index (χ0) is 11.8. The van der Waals surface area contributed by atoms with Gasteiger partial charge in [-0.05, 0) is 6.92 Å². The fourth-order valence-corrected chi connectivity index (χ4v) is 1.22. The van der Waals surface area contributed by atoms with Crippen LogP contribution in [0.1, 0.15) is 12.5 Å². The molecule has 0 radical (unpaired) electrons. The quantitative estimate of drug-likeness (QED) is 0.268. The van der Waals surface area contributed by atoms with Gasteiger partial charge >= 0.3 is 6.16 Å². The van der Waals surface area contributed by atoms with E-state index >= 15 is 0 Å². The zero-order valence-electron chi connectivity index (χ0n) is 8.85. The van der Waals surface area contributed by atoms with Gasteiger partial charge in [-0.25, -0.2) is 4.79 Å². The Morgan fingerprint density at radius 2 is 2.06 bits per heavy atom. The van der Waals surface area contributed by atoms with Crippen molar-refractivity contribution in [2.75, 3.05) is 12.5 Å². The molecule has 0 saturated carbocycles. The minimum absolute atomic E-state index is 0.156. The van der Waals surface area contributed by atoms with Crippen LogP contribution in [0.2, 0.25) is 0 Å². The van der Waals surface area contributed by atoms with Gasteiger partial charge in [-0.2, -0.15) is 0 Å². The van der Waals surface area contributed by atoms with Gasteiger partial charge in [0.05, 0.1) is 12.5 Å². The van der Waals surface area contributed by atoms with Gasteiger partial charge in [0.2, 0.25) is 0 Å². The van der Waals surface area contributed by atoms with Crippen LogP contribution < -0.4 is 0 Å². The molecule has 0 atom stereocenters. The van der Waals surface area contributed by atoms with Crippen molar-refractivity contribution in [3.05, 3.63) is 35.9 Å². The van der Waals surface area contributed by atoms with Crippen LogP contribution >= 0.6 is 11.6 Å². The molecule has 0 aliphatic heterocycles. The Hall–Kier alpha value is -1.55. The molecule has 0 unspecified atom stereocenters. The lowest BCUT2D eigenvalue weighted by molar-refractivity contribution is 0.0613. The van der Waals surface area contributed by atoms with Gasteiger partial charge in [-0.1, -0.05) is 35.5 Å². The lowest BCUT2D eigenvalue weighted by Gasteiger charge is -2.02. The molecule has 86 valence electrons. The lowest BCUT2D eigenvalue weighted by atomic mass is 10.1. The van der Waals surface area contributed by atoms with E-state index in [0.29, 0.717) is 5.71 Å². The summed E-state index contributed by atoms with van der Waals surface area (Å²) in [5, 5.41) is 3.64. The molecule has 0 heterocycles. The predicted molar refractivity (Wildman–Crippen MR) is 61.8 cm³/mol. The molecule has 0 aliphatic rings. The number of ether oxygens (including phenoxy) is 1. The number of oxime groups is 1. The number of alkyl halides is 1. The zero-order valence-corrected chi connectivity index (χ0v) is 9.61. The minimum atomic E-state index is -0.832. The molecule has 0 N–H and O–H groups in total. The highest BCUT2D eigenvalue weighted by Crippen LogP contribution is 2.03. The third-order valence-corrected chi connectivity index (χ3v) is 1.98. The van der Waals surface area contributed by atoms with Crippen molar-refractivity contribution in [2.24, 2.45) is 5.16 Å². The van der Waals surface area contributed by atoms with Gasteiger partial charge in [0.25, 0.3) is 0 Å². The average molecular weight is 242 g/mol. The second kappa shape index (κ2) is 6.85.